The van der Waals surface area contributed by atoms with E-state index in [4.69, 9.17) is 21.1 Å². The number of benzene rings is 2. The Labute approximate surface area is 152 Å². The Hall–Kier alpha value is -2.40. The number of amides is 1. The van der Waals surface area contributed by atoms with Gasteiger partial charge < -0.3 is 19.7 Å². The lowest BCUT2D eigenvalue weighted by molar-refractivity contribution is -0.117. The molecule has 1 heterocycles. The van der Waals surface area contributed by atoms with Gasteiger partial charge in [0.1, 0.15) is 11.5 Å². The highest BCUT2D eigenvalue weighted by molar-refractivity contribution is 6.32. The molecule has 0 spiro atoms. The van der Waals surface area contributed by atoms with Gasteiger partial charge in [-0.25, -0.2) is 0 Å². The minimum absolute atomic E-state index is 0.0168. The van der Waals surface area contributed by atoms with E-state index in [0.29, 0.717) is 22.2 Å². The molecule has 132 valence electrons. The van der Waals surface area contributed by atoms with Gasteiger partial charge >= 0.3 is 0 Å². The molecule has 0 aromatic heterocycles. The standard InChI is InChI=1S/C19H21ClN2O3/c1-24-17-11-15(18(25-2)10-14(17)20)21-12-19(23)22-9-5-7-13-6-3-4-8-16(13)22/h3-4,6,8,10-11,21H,5,7,9,12H2,1-2H3. The number of rotatable bonds is 5. The van der Waals surface area contributed by atoms with Crippen LogP contribution in [0, 0.1) is 0 Å². The summed E-state index contributed by atoms with van der Waals surface area (Å²) in [6, 6.07) is 11.5. The van der Waals surface area contributed by atoms with Gasteiger partial charge in [-0.1, -0.05) is 29.8 Å². The van der Waals surface area contributed by atoms with E-state index in [1.165, 1.54) is 5.56 Å². The molecular formula is C19H21ClN2O3. The van der Waals surface area contributed by atoms with E-state index >= 15 is 0 Å². The molecule has 0 radical (unpaired) electrons. The van der Waals surface area contributed by atoms with Gasteiger partial charge in [-0.3, -0.25) is 4.79 Å². The second-order valence-electron chi connectivity index (χ2n) is 5.82. The first-order chi connectivity index (χ1) is 12.1. The number of anilines is 2. The lowest BCUT2D eigenvalue weighted by atomic mass is 10.0. The van der Waals surface area contributed by atoms with Crippen molar-refractivity contribution in [3.05, 3.63) is 47.0 Å². The molecule has 1 N–H and O–H groups in total. The Morgan fingerprint density at radius 3 is 2.72 bits per heavy atom. The molecule has 0 saturated carbocycles. The predicted molar refractivity (Wildman–Crippen MR) is 100 cm³/mol. The van der Waals surface area contributed by atoms with Gasteiger partial charge in [0.2, 0.25) is 5.91 Å². The van der Waals surface area contributed by atoms with Crippen LogP contribution in [0.5, 0.6) is 11.5 Å². The number of nitrogens with zero attached hydrogens (tertiary/aromatic N) is 1. The normalized spacial score (nSPS) is 13.2. The lowest BCUT2D eigenvalue weighted by Crippen LogP contribution is -2.39. The minimum atomic E-state index is 0.0168. The summed E-state index contributed by atoms with van der Waals surface area (Å²) >= 11 is 6.11. The fourth-order valence-corrected chi connectivity index (χ4v) is 3.29. The number of methoxy groups -OCH3 is 2. The Morgan fingerprint density at radius 2 is 1.96 bits per heavy atom. The highest BCUT2D eigenvalue weighted by atomic mass is 35.5. The van der Waals surface area contributed by atoms with Gasteiger partial charge in [-0.05, 0) is 24.5 Å². The van der Waals surface area contributed by atoms with Crippen molar-refractivity contribution in [2.45, 2.75) is 12.8 Å². The van der Waals surface area contributed by atoms with Crippen LogP contribution < -0.4 is 19.7 Å². The third-order valence-corrected chi connectivity index (χ3v) is 4.61. The lowest BCUT2D eigenvalue weighted by Gasteiger charge is -2.29. The summed E-state index contributed by atoms with van der Waals surface area (Å²) in [6.07, 6.45) is 1.98. The Balaban J connectivity index is 1.75. The van der Waals surface area contributed by atoms with E-state index in [0.717, 1.165) is 25.1 Å². The zero-order valence-corrected chi connectivity index (χ0v) is 15.1. The molecule has 25 heavy (non-hydrogen) atoms. The van der Waals surface area contributed by atoms with Crippen molar-refractivity contribution in [3.63, 3.8) is 0 Å². The number of halogens is 1. The number of carbonyl (C=O) groups is 1. The monoisotopic (exact) mass is 360 g/mol. The van der Waals surface area contributed by atoms with E-state index in [9.17, 15) is 4.79 Å². The number of carbonyl (C=O) groups excluding carboxylic acids is 1. The quantitative estimate of drug-likeness (QED) is 0.882. The zero-order chi connectivity index (χ0) is 17.8. The van der Waals surface area contributed by atoms with E-state index in [1.54, 1.807) is 26.4 Å². The molecule has 6 heteroatoms. The number of para-hydroxylation sites is 1. The summed E-state index contributed by atoms with van der Waals surface area (Å²) < 4.78 is 10.6. The molecule has 3 rings (SSSR count). The van der Waals surface area contributed by atoms with Crippen LogP contribution in [0.25, 0.3) is 0 Å². The molecule has 0 saturated heterocycles. The highest BCUT2D eigenvalue weighted by Crippen LogP contribution is 2.36. The van der Waals surface area contributed by atoms with Crippen LogP contribution >= 0.6 is 11.6 Å². The Morgan fingerprint density at radius 1 is 1.20 bits per heavy atom. The number of nitrogens with one attached hydrogen (secondary N) is 1. The first-order valence-corrected chi connectivity index (χ1v) is 8.55. The zero-order valence-electron chi connectivity index (χ0n) is 14.3. The molecule has 0 fully saturated rings. The minimum Gasteiger partial charge on any atom is -0.495 e. The van der Waals surface area contributed by atoms with E-state index in [-0.39, 0.29) is 12.5 Å². The SMILES string of the molecule is COc1cc(NCC(=O)N2CCCc3ccccc32)c(OC)cc1Cl. The van der Waals surface area contributed by atoms with E-state index in [1.807, 2.05) is 23.1 Å². The maximum atomic E-state index is 12.7. The molecule has 2 aromatic carbocycles. The largest absolute Gasteiger partial charge is 0.495 e. The van der Waals surface area contributed by atoms with Crippen LogP contribution in [0.15, 0.2) is 36.4 Å². The van der Waals surface area contributed by atoms with E-state index < -0.39 is 0 Å². The van der Waals surface area contributed by atoms with Crippen LogP contribution in [0.4, 0.5) is 11.4 Å². The summed E-state index contributed by atoms with van der Waals surface area (Å²) in [5.41, 5.74) is 2.89. The average Bonchev–Trinajstić information content (AvgIpc) is 2.65. The third-order valence-electron chi connectivity index (χ3n) is 4.32. The average molecular weight is 361 g/mol. The molecule has 0 bridgehead atoms. The summed E-state index contributed by atoms with van der Waals surface area (Å²) in [7, 11) is 3.11. The van der Waals surface area contributed by atoms with Crippen LogP contribution in [0.3, 0.4) is 0 Å². The van der Waals surface area contributed by atoms with Crippen LogP contribution in [0.1, 0.15) is 12.0 Å². The van der Waals surface area contributed by atoms with Gasteiger partial charge in [0.05, 0.1) is 31.5 Å². The topological polar surface area (TPSA) is 50.8 Å². The molecule has 5 nitrogen and oxygen atoms in total. The van der Waals surface area contributed by atoms with Crippen molar-refractivity contribution in [1.82, 2.24) is 0 Å². The van der Waals surface area contributed by atoms with Gasteiger partial charge in [0.15, 0.2) is 0 Å². The Kier molecular flexibility index (Phi) is 5.34. The molecule has 0 atom stereocenters. The fraction of sp³-hybridized carbons (Fsp3) is 0.316. The smallest absolute Gasteiger partial charge is 0.246 e. The van der Waals surface area contributed by atoms with Crippen molar-refractivity contribution in [3.8, 4) is 11.5 Å². The highest BCUT2D eigenvalue weighted by Gasteiger charge is 2.22. The van der Waals surface area contributed by atoms with Crippen LogP contribution in [-0.2, 0) is 11.2 Å². The molecule has 1 aliphatic heterocycles. The second kappa shape index (κ2) is 7.66. The van der Waals surface area contributed by atoms with Crippen molar-refractivity contribution < 1.29 is 14.3 Å². The number of hydrogen-bond donors (Lipinski definition) is 1. The summed E-state index contributed by atoms with van der Waals surface area (Å²) in [5, 5.41) is 3.60. The van der Waals surface area contributed by atoms with Gasteiger partial charge in [0.25, 0.3) is 0 Å². The van der Waals surface area contributed by atoms with Gasteiger partial charge in [-0.15, -0.1) is 0 Å². The van der Waals surface area contributed by atoms with Crippen molar-refractivity contribution >= 4 is 28.9 Å². The first-order valence-electron chi connectivity index (χ1n) is 8.17. The summed E-state index contributed by atoms with van der Waals surface area (Å²) in [4.78, 5) is 14.6. The summed E-state index contributed by atoms with van der Waals surface area (Å²) in [5.74, 6) is 1.11. The number of ether oxygens (including phenoxy) is 2. The maximum Gasteiger partial charge on any atom is 0.246 e. The number of aryl methyl sites for hydroxylation is 1. The second-order valence-corrected chi connectivity index (χ2v) is 6.23. The third kappa shape index (κ3) is 3.66. The van der Waals surface area contributed by atoms with Crippen molar-refractivity contribution in [1.29, 1.82) is 0 Å². The molecular weight excluding hydrogens is 340 g/mol. The molecule has 1 amide bonds. The molecule has 0 unspecified atom stereocenters. The fourth-order valence-electron chi connectivity index (χ4n) is 3.06. The maximum absolute atomic E-state index is 12.7. The van der Waals surface area contributed by atoms with E-state index in [2.05, 4.69) is 11.4 Å². The predicted octanol–water partition coefficient (Wildman–Crippen LogP) is 3.75. The van der Waals surface area contributed by atoms with Gasteiger partial charge in [-0.2, -0.15) is 0 Å². The first kappa shape index (κ1) is 17.4. The molecule has 0 aliphatic carbocycles. The summed E-state index contributed by atoms with van der Waals surface area (Å²) in [6.45, 7) is 0.897. The number of fused-ring (bicyclic) bond motifs is 1. The molecule has 2 aromatic rings. The van der Waals surface area contributed by atoms with Gasteiger partial charge in [0, 0.05) is 24.4 Å². The van der Waals surface area contributed by atoms with Crippen LogP contribution in [-0.4, -0.2) is 33.2 Å². The number of hydrogen-bond acceptors (Lipinski definition) is 4. The Bertz CT molecular complexity index is 779. The molecule has 1 aliphatic rings. The van der Waals surface area contributed by atoms with Crippen molar-refractivity contribution in [2.75, 3.05) is 37.5 Å². The van der Waals surface area contributed by atoms with Crippen molar-refractivity contribution in [2.24, 2.45) is 0 Å². The van der Waals surface area contributed by atoms with Crippen LogP contribution in [0.2, 0.25) is 5.02 Å².